The number of anilines is 1. The molecule has 2 heterocycles. The fraction of sp³-hybridized carbons (Fsp3) is 0.500. The van der Waals surface area contributed by atoms with Crippen LogP contribution in [0.3, 0.4) is 0 Å². The number of carbonyl (C=O) groups is 1. The van der Waals surface area contributed by atoms with Gasteiger partial charge in [0.15, 0.2) is 0 Å². The van der Waals surface area contributed by atoms with Crippen molar-refractivity contribution in [3.63, 3.8) is 0 Å². The molecule has 1 aromatic carbocycles. The molecule has 21 heavy (non-hydrogen) atoms. The van der Waals surface area contributed by atoms with E-state index in [9.17, 15) is 4.79 Å². The van der Waals surface area contributed by atoms with Gasteiger partial charge in [0.25, 0.3) is 0 Å². The number of piperidine rings is 1. The largest absolute Gasteiger partial charge is 0.481 e. The summed E-state index contributed by atoms with van der Waals surface area (Å²) in [7, 11) is 2.03. The molecule has 0 radical (unpaired) electrons. The fourth-order valence-electron chi connectivity index (χ4n) is 3.01. The lowest BCUT2D eigenvalue weighted by molar-refractivity contribution is -0.136. The molecule has 112 valence electrons. The minimum Gasteiger partial charge on any atom is -0.481 e. The number of rotatable bonds is 3. The summed E-state index contributed by atoms with van der Waals surface area (Å²) in [5.74, 6) is 0.970. The molecule has 1 aliphatic rings. The van der Waals surface area contributed by atoms with Gasteiger partial charge in [-0.1, -0.05) is 13.0 Å². The highest BCUT2D eigenvalue weighted by atomic mass is 16.4. The van der Waals surface area contributed by atoms with E-state index in [0.717, 1.165) is 41.6 Å². The molecule has 0 bridgehead atoms. The topological polar surface area (TPSA) is 58.4 Å². The number of fused-ring (bicyclic) bond motifs is 1. The van der Waals surface area contributed by atoms with Crippen molar-refractivity contribution in [3.05, 3.63) is 23.8 Å². The number of nitrogens with zero attached hydrogens (tertiary/aromatic N) is 3. The maximum atomic E-state index is 10.8. The van der Waals surface area contributed by atoms with Gasteiger partial charge in [0.1, 0.15) is 0 Å². The average Bonchev–Trinajstić information content (AvgIpc) is 2.76. The molecule has 1 aliphatic heterocycles. The third kappa shape index (κ3) is 2.73. The summed E-state index contributed by atoms with van der Waals surface area (Å²) in [6, 6.07) is 5.73. The number of hydrogen-bond acceptors (Lipinski definition) is 3. The number of carboxylic acids is 1. The Morgan fingerprint density at radius 3 is 2.76 bits per heavy atom. The van der Waals surface area contributed by atoms with E-state index in [1.54, 1.807) is 0 Å². The van der Waals surface area contributed by atoms with E-state index < -0.39 is 5.97 Å². The Balaban J connectivity index is 1.93. The number of aryl methyl sites for hydroxylation is 1. The van der Waals surface area contributed by atoms with Crippen LogP contribution in [0.15, 0.2) is 18.2 Å². The van der Waals surface area contributed by atoms with Crippen molar-refractivity contribution in [2.45, 2.75) is 26.2 Å². The smallest absolute Gasteiger partial charge is 0.307 e. The molecule has 1 N–H and O–H groups in total. The monoisotopic (exact) mass is 287 g/mol. The first-order chi connectivity index (χ1) is 10.0. The SMILES string of the molecule is CC1CCN(c2nc3cc(CC(=O)O)ccc3n2C)CC1. The van der Waals surface area contributed by atoms with Crippen molar-refractivity contribution in [1.82, 2.24) is 9.55 Å². The van der Waals surface area contributed by atoms with Crippen molar-refractivity contribution in [3.8, 4) is 0 Å². The quantitative estimate of drug-likeness (QED) is 0.942. The van der Waals surface area contributed by atoms with Crippen molar-refractivity contribution >= 4 is 23.0 Å². The van der Waals surface area contributed by atoms with Crippen LogP contribution < -0.4 is 4.90 Å². The van der Waals surface area contributed by atoms with Crippen LogP contribution in [0.1, 0.15) is 25.3 Å². The molecule has 0 unspecified atom stereocenters. The Kier molecular flexibility index (Phi) is 3.57. The lowest BCUT2D eigenvalue weighted by atomic mass is 10.00. The van der Waals surface area contributed by atoms with Gasteiger partial charge < -0.3 is 14.6 Å². The van der Waals surface area contributed by atoms with Crippen LogP contribution in [0.4, 0.5) is 5.95 Å². The van der Waals surface area contributed by atoms with Crippen LogP contribution in [-0.2, 0) is 18.3 Å². The molecule has 0 amide bonds. The van der Waals surface area contributed by atoms with E-state index in [1.165, 1.54) is 12.8 Å². The molecule has 5 heteroatoms. The summed E-state index contributed by atoms with van der Waals surface area (Å²) in [6.07, 6.45) is 2.45. The van der Waals surface area contributed by atoms with Gasteiger partial charge in [-0.25, -0.2) is 4.98 Å². The van der Waals surface area contributed by atoms with Crippen molar-refractivity contribution < 1.29 is 9.90 Å². The first kappa shape index (κ1) is 13.9. The Morgan fingerprint density at radius 1 is 1.38 bits per heavy atom. The molecule has 5 nitrogen and oxygen atoms in total. The third-order valence-electron chi connectivity index (χ3n) is 4.34. The second-order valence-electron chi connectivity index (χ2n) is 6.03. The predicted octanol–water partition coefficient (Wildman–Crippen LogP) is 2.44. The van der Waals surface area contributed by atoms with Gasteiger partial charge in [0, 0.05) is 20.1 Å². The van der Waals surface area contributed by atoms with E-state index >= 15 is 0 Å². The minimum atomic E-state index is -0.810. The van der Waals surface area contributed by atoms with E-state index in [2.05, 4.69) is 16.4 Å². The molecule has 0 aliphatic carbocycles. The second kappa shape index (κ2) is 5.39. The van der Waals surface area contributed by atoms with Gasteiger partial charge in [-0.05, 0) is 36.5 Å². The summed E-state index contributed by atoms with van der Waals surface area (Å²) in [5, 5.41) is 8.89. The summed E-state index contributed by atoms with van der Waals surface area (Å²) >= 11 is 0. The normalized spacial score (nSPS) is 16.6. The molecule has 1 aromatic heterocycles. The molecular weight excluding hydrogens is 266 g/mol. The Hall–Kier alpha value is -2.04. The van der Waals surface area contributed by atoms with Crippen molar-refractivity contribution in [2.24, 2.45) is 13.0 Å². The predicted molar refractivity (Wildman–Crippen MR) is 82.7 cm³/mol. The van der Waals surface area contributed by atoms with Gasteiger partial charge in [0.2, 0.25) is 5.95 Å². The highest BCUT2D eigenvalue weighted by Gasteiger charge is 2.20. The first-order valence-corrected chi connectivity index (χ1v) is 7.46. The first-order valence-electron chi connectivity index (χ1n) is 7.46. The maximum absolute atomic E-state index is 10.8. The summed E-state index contributed by atoms with van der Waals surface area (Å²) in [4.78, 5) is 17.9. The zero-order valence-corrected chi connectivity index (χ0v) is 12.5. The molecule has 1 saturated heterocycles. The zero-order chi connectivity index (χ0) is 15.0. The molecule has 3 rings (SSSR count). The number of benzene rings is 1. The minimum absolute atomic E-state index is 0.0447. The van der Waals surface area contributed by atoms with Gasteiger partial charge in [-0.15, -0.1) is 0 Å². The van der Waals surface area contributed by atoms with Crippen LogP contribution in [0.5, 0.6) is 0 Å². The van der Waals surface area contributed by atoms with Crippen LogP contribution >= 0.6 is 0 Å². The molecule has 0 atom stereocenters. The van der Waals surface area contributed by atoms with E-state index in [4.69, 9.17) is 10.1 Å². The molecule has 0 spiro atoms. The number of aromatic nitrogens is 2. The number of imidazole rings is 1. The second-order valence-corrected chi connectivity index (χ2v) is 6.03. The van der Waals surface area contributed by atoms with E-state index in [1.807, 2.05) is 25.2 Å². The van der Waals surface area contributed by atoms with Gasteiger partial charge in [-0.3, -0.25) is 4.79 Å². The molecule has 2 aromatic rings. The van der Waals surface area contributed by atoms with Crippen LogP contribution in [-0.4, -0.2) is 33.7 Å². The summed E-state index contributed by atoms with van der Waals surface area (Å²) in [5.41, 5.74) is 2.73. The van der Waals surface area contributed by atoms with Crippen LogP contribution in [0.25, 0.3) is 11.0 Å². The van der Waals surface area contributed by atoms with E-state index in [0.29, 0.717) is 0 Å². The van der Waals surface area contributed by atoms with Crippen molar-refractivity contribution in [2.75, 3.05) is 18.0 Å². The van der Waals surface area contributed by atoms with Crippen LogP contribution in [0.2, 0.25) is 0 Å². The highest BCUT2D eigenvalue weighted by molar-refractivity contribution is 5.81. The Morgan fingerprint density at radius 2 is 2.10 bits per heavy atom. The summed E-state index contributed by atoms with van der Waals surface area (Å²) in [6.45, 7) is 4.38. The fourth-order valence-corrected chi connectivity index (χ4v) is 3.01. The molecular formula is C16H21N3O2. The number of carboxylic acid groups (broad SMARTS) is 1. The van der Waals surface area contributed by atoms with Gasteiger partial charge in [0.05, 0.1) is 17.5 Å². The zero-order valence-electron chi connectivity index (χ0n) is 12.5. The average molecular weight is 287 g/mol. The highest BCUT2D eigenvalue weighted by Crippen LogP contribution is 2.26. The Labute approximate surface area is 124 Å². The maximum Gasteiger partial charge on any atom is 0.307 e. The third-order valence-corrected chi connectivity index (χ3v) is 4.34. The number of aliphatic carboxylic acids is 1. The summed E-state index contributed by atoms with van der Waals surface area (Å²) < 4.78 is 2.11. The van der Waals surface area contributed by atoms with Crippen LogP contribution in [0, 0.1) is 5.92 Å². The lowest BCUT2D eigenvalue weighted by Gasteiger charge is -2.30. The van der Waals surface area contributed by atoms with Gasteiger partial charge >= 0.3 is 5.97 Å². The molecule has 1 fully saturated rings. The number of hydrogen-bond donors (Lipinski definition) is 1. The van der Waals surface area contributed by atoms with Gasteiger partial charge in [-0.2, -0.15) is 0 Å². The standard InChI is InChI=1S/C16H21N3O2/c1-11-5-7-19(8-6-11)16-17-13-9-12(10-15(20)21)3-4-14(13)18(16)2/h3-4,9,11H,5-8,10H2,1-2H3,(H,20,21). The van der Waals surface area contributed by atoms with E-state index in [-0.39, 0.29) is 6.42 Å². The Bertz CT molecular complexity index is 669. The van der Waals surface area contributed by atoms with Crippen molar-refractivity contribution in [1.29, 1.82) is 0 Å². The molecule has 0 saturated carbocycles. The lowest BCUT2D eigenvalue weighted by Crippen LogP contribution is -2.34.